The molecule has 1 aromatic heterocycles. The molecule has 0 spiro atoms. The fourth-order valence-corrected chi connectivity index (χ4v) is 1.20. The number of aromatic nitrogens is 1. The van der Waals surface area contributed by atoms with Crippen molar-refractivity contribution in [2.75, 3.05) is 11.4 Å². The van der Waals surface area contributed by atoms with Crippen molar-refractivity contribution in [1.82, 2.24) is 4.98 Å². The highest BCUT2D eigenvalue weighted by molar-refractivity contribution is 5.92. The van der Waals surface area contributed by atoms with E-state index in [-0.39, 0.29) is 5.82 Å². The molecule has 18 heavy (non-hydrogen) atoms. The highest BCUT2D eigenvalue weighted by Gasteiger charge is 2.25. The Morgan fingerprint density at radius 2 is 2.06 bits per heavy atom. The molecule has 0 atom stereocenters. The third-order valence-electron chi connectivity index (χ3n) is 1.83. The van der Waals surface area contributed by atoms with Crippen LogP contribution in [0.2, 0.25) is 0 Å². The fraction of sp³-hybridized carbons (Fsp3) is 0.417. The second kappa shape index (κ2) is 5.48. The van der Waals surface area contributed by atoms with Crippen LogP contribution in [0.3, 0.4) is 0 Å². The number of nitrogens with zero attached hydrogens (tertiary/aromatic N) is 2. The van der Waals surface area contributed by atoms with Gasteiger partial charge in [0, 0.05) is 6.20 Å². The van der Waals surface area contributed by atoms with Crippen molar-refractivity contribution in [3.63, 3.8) is 0 Å². The minimum Gasteiger partial charge on any atom is -0.480 e. The maximum absolute atomic E-state index is 11.9. The van der Waals surface area contributed by atoms with Crippen LogP contribution in [0.25, 0.3) is 0 Å². The molecular formula is C12H16N2O4. The molecule has 0 aliphatic carbocycles. The number of anilines is 1. The van der Waals surface area contributed by atoms with E-state index in [2.05, 4.69) is 4.98 Å². The Hall–Kier alpha value is -2.11. The second-order valence-corrected chi connectivity index (χ2v) is 4.65. The van der Waals surface area contributed by atoms with Gasteiger partial charge >= 0.3 is 12.1 Å². The summed E-state index contributed by atoms with van der Waals surface area (Å²) >= 11 is 0. The van der Waals surface area contributed by atoms with Crippen LogP contribution in [0.4, 0.5) is 10.6 Å². The normalized spacial score (nSPS) is 10.8. The zero-order valence-electron chi connectivity index (χ0n) is 10.6. The lowest BCUT2D eigenvalue weighted by Crippen LogP contribution is -2.40. The number of carbonyl (C=O) groups excluding carboxylic acids is 1. The number of carboxylic acid groups (broad SMARTS) is 1. The highest BCUT2D eigenvalue weighted by Crippen LogP contribution is 2.15. The van der Waals surface area contributed by atoms with Gasteiger partial charge in [0.25, 0.3) is 0 Å². The molecule has 1 aromatic rings. The van der Waals surface area contributed by atoms with Crippen molar-refractivity contribution >= 4 is 17.9 Å². The molecule has 6 heteroatoms. The molecule has 0 fully saturated rings. The number of carboxylic acids is 1. The lowest BCUT2D eigenvalue weighted by molar-refractivity contribution is -0.135. The van der Waals surface area contributed by atoms with E-state index in [1.807, 2.05) is 0 Å². The molecule has 0 radical (unpaired) electrons. The number of hydrogen-bond acceptors (Lipinski definition) is 4. The molecule has 1 heterocycles. The predicted octanol–water partition coefficient (Wildman–Crippen LogP) is 1.91. The standard InChI is InChI=1S/C12H16N2O4/c1-12(2,3)18-11(17)14(8-10(15)16)9-6-4-5-7-13-9/h4-7H,8H2,1-3H3,(H,15,16). The number of rotatable bonds is 3. The minimum absolute atomic E-state index is 0.245. The quantitative estimate of drug-likeness (QED) is 0.888. The molecule has 0 unspecified atom stereocenters. The monoisotopic (exact) mass is 252 g/mol. The maximum atomic E-state index is 11.9. The summed E-state index contributed by atoms with van der Waals surface area (Å²) in [5.41, 5.74) is -0.692. The fourth-order valence-electron chi connectivity index (χ4n) is 1.20. The van der Waals surface area contributed by atoms with Crippen LogP contribution < -0.4 is 4.90 Å². The van der Waals surface area contributed by atoms with E-state index in [0.29, 0.717) is 0 Å². The van der Waals surface area contributed by atoms with Crippen LogP contribution in [-0.2, 0) is 9.53 Å². The van der Waals surface area contributed by atoms with Gasteiger partial charge in [0.05, 0.1) is 0 Å². The molecule has 6 nitrogen and oxygen atoms in total. The molecule has 98 valence electrons. The Morgan fingerprint density at radius 3 is 2.50 bits per heavy atom. The van der Waals surface area contributed by atoms with Crippen LogP contribution in [0.5, 0.6) is 0 Å². The summed E-state index contributed by atoms with van der Waals surface area (Å²) < 4.78 is 5.14. The van der Waals surface area contributed by atoms with Crippen molar-refractivity contribution in [1.29, 1.82) is 0 Å². The molecule has 0 aromatic carbocycles. The first-order valence-corrected chi connectivity index (χ1v) is 5.43. The van der Waals surface area contributed by atoms with Crippen LogP contribution >= 0.6 is 0 Å². The van der Waals surface area contributed by atoms with Gasteiger partial charge in [-0.1, -0.05) is 6.07 Å². The summed E-state index contributed by atoms with van der Waals surface area (Å²) in [7, 11) is 0. The Morgan fingerprint density at radius 1 is 1.39 bits per heavy atom. The molecule has 1 rings (SSSR count). The van der Waals surface area contributed by atoms with Crippen molar-refractivity contribution < 1.29 is 19.4 Å². The number of hydrogen-bond donors (Lipinski definition) is 1. The third kappa shape index (κ3) is 4.40. The molecule has 1 amide bonds. The average molecular weight is 252 g/mol. The lowest BCUT2D eigenvalue weighted by atomic mass is 10.2. The first-order valence-electron chi connectivity index (χ1n) is 5.43. The molecule has 0 saturated carbocycles. The average Bonchev–Trinajstić information content (AvgIpc) is 2.24. The number of ether oxygens (including phenoxy) is 1. The van der Waals surface area contributed by atoms with E-state index in [4.69, 9.17) is 9.84 Å². The van der Waals surface area contributed by atoms with Crippen molar-refractivity contribution in [3.8, 4) is 0 Å². The molecular weight excluding hydrogens is 236 g/mol. The molecule has 1 N–H and O–H groups in total. The second-order valence-electron chi connectivity index (χ2n) is 4.65. The summed E-state index contributed by atoms with van der Waals surface area (Å²) in [4.78, 5) is 27.6. The predicted molar refractivity (Wildman–Crippen MR) is 65.5 cm³/mol. The number of amides is 1. The van der Waals surface area contributed by atoms with Crippen molar-refractivity contribution in [2.45, 2.75) is 26.4 Å². The van der Waals surface area contributed by atoms with Gasteiger partial charge in [0.2, 0.25) is 0 Å². The van der Waals surface area contributed by atoms with E-state index >= 15 is 0 Å². The van der Waals surface area contributed by atoms with Crippen LogP contribution in [0, 0.1) is 0 Å². The number of pyridine rings is 1. The van der Waals surface area contributed by atoms with E-state index in [9.17, 15) is 9.59 Å². The van der Waals surface area contributed by atoms with E-state index in [1.165, 1.54) is 6.20 Å². The molecule has 0 bridgehead atoms. The molecule has 0 saturated heterocycles. The van der Waals surface area contributed by atoms with Crippen LogP contribution in [0.1, 0.15) is 20.8 Å². The summed E-state index contributed by atoms with van der Waals surface area (Å²) in [6.45, 7) is 4.64. The van der Waals surface area contributed by atoms with E-state index in [1.54, 1.807) is 39.0 Å². The van der Waals surface area contributed by atoms with E-state index < -0.39 is 24.2 Å². The summed E-state index contributed by atoms with van der Waals surface area (Å²) in [6.07, 6.45) is 0.748. The van der Waals surface area contributed by atoms with Crippen molar-refractivity contribution in [3.05, 3.63) is 24.4 Å². The summed E-state index contributed by atoms with van der Waals surface area (Å²) in [5, 5.41) is 8.82. The van der Waals surface area contributed by atoms with Gasteiger partial charge in [-0.2, -0.15) is 0 Å². The topological polar surface area (TPSA) is 79.7 Å². The van der Waals surface area contributed by atoms with Gasteiger partial charge < -0.3 is 9.84 Å². The Bertz CT molecular complexity index is 425. The first-order chi connectivity index (χ1) is 8.29. The Labute approximate surface area is 105 Å². The van der Waals surface area contributed by atoms with Gasteiger partial charge in [-0.05, 0) is 32.9 Å². The van der Waals surface area contributed by atoms with Gasteiger partial charge in [0.1, 0.15) is 18.0 Å². The van der Waals surface area contributed by atoms with Gasteiger partial charge in [0.15, 0.2) is 0 Å². The zero-order chi connectivity index (χ0) is 13.8. The van der Waals surface area contributed by atoms with Crippen molar-refractivity contribution in [2.24, 2.45) is 0 Å². The van der Waals surface area contributed by atoms with Crippen LogP contribution in [-0.4, -0.2) is 34.3 Å². The van der Waals surface area contributed by atoms with Gasteiger partial charge in [-0.3, -0.25) is 9.69 Å². The van der Waals surface area contributed by atoms with Gasteiger partial charge in [-0.15, -0.1) is 0 Å². The first kappa shape index (κ1) is 14.0. The maximum Gasteiger partial charge on any atom is 0.416 e. The smallest absolute Gasteiger partial charge is 0.416 e. The SMILES string of the molecule is CC(C)(C)OC(=O)N(CC(=O)O)c1ccccn1. The van der Waals surface area contributed by atoms with Gasteiger partial charge in [-0.25, -0.2) is 9.78 Å². The summed E-state index contributed by atoms with van der Waals surface area (Å²) in [6, 6.07) is 4.89. The Kier molecular flexibility index (Phi) is 4.25. The zero-order valence-corrected chi connectivity index (χ0v) is 10.6. The number of aliphatic carboxylic acids is 1. The third-order valence-corrected chi connectivity index (χ3v) is 1.83. The highest BCUT2D eigenvalue weighted by atomic mass is 16.6. The van der Waals surface area contributed by atoms with E-state index in [0.717, 1.165) is 4.90 Å². The molecule has 0 aliphatic rings. The summed E-state index contributed by atoms with van der Waals surface area (Å²) in [5.74, 6) is -0.888. The largest absolute Gasteiger partial charge is 0.480 e. The lowest BCUT2D eigenvalue weighted by Gasteiger charge is -2.25. The minimum atomic E-state index is -1.13. The Balaban J connectivity index is 2.92. The van der Waals surface area contributed by atoms with Crippen LogP contribution in [0.15, 0.2) is 24.4 Å². The molecule has 0 aliphatic heterocycles. The number of carbonyl (C=O) groups is 2.